The van der Waals surface area contributed by atoms with Gasteiger partial charge in [0.15, 0.2) is 0 Å². The van der Waals surface area contributed by atoms with E-state index in [-0.39, 0.29) is 11.4 Å². The van der Waals surface area contributed by atoms with E-state index in [1.807, 2.05) is 0 Å². The highest BCUT2D eigenvalue weighted by atomic mass is 19.4. The smallest absolute Gasteiger partial charge is 0.327 e. The van der Waals surface area contributed by atoms with Crippen LogP contribution in [-0.2, 0) is 6.18 Å². The van der Waals surface area contributed by atoms with Crippen molar-refractivity contribution < 1.29 is 18.0 Å². The molecular formula is C17H12F3N3O. The fourth-order valence-corrected chi connectivity index (χ4v) is 2.19. The maximum Gasteiger partial charge on any atom is 0.416 e. The molecule has 7 heteroatoms. The van der Waals surface area contributed by atoms with Crippen LogP contribution in [-0.4, -0.2) is 15.5 Å². The third-order valence-electron chi connectivity index (χ3n) is 3.39. The average molecular weight is 331 g/mol. The van der Waals surface area contributed by atoms with Gasteiger partial charge in [0.05, 0.1) is 22.9 Å². The lowest BCUT2D eigenvalue weighted by atomic mass is 10.2. The van der Waals surface area contributed by atoms with E-state index >= 15 is 0 Å². The molecule has 0 atom stereocenters. The van der Waals surface area contributed by atoms with Crippen molar-refractivity contribution in [1.82, 2.24) is 14.9 Å². The van der Waals surface area contributed by atoms with E-state index in [0.29, 0.717) is 11.1 Å². The van der Waals surface area contributed by atoms with Crippen LogP contribution in [0, 0.1) is 0 Å². The SMILES string of the molecule is O=C(N/C=C/n1cnc2cc(C(F)(F)F)ccc21)c1ccccc1. The molecule has 0 saturated heterocycles. The minimum absolute atomic E-state index is 0.226. The van der Waals surface area contributed by atoms with Gasteiger partial charge in [-0.05, 0) is 30.3 Å². The molecule has 122 valence electrons. The number of benzene rings is 2. The number of rotatable bonds is 3. The van der Waals surface area contributed by atoms with Gasteiger partial charge in [-0.25, -0.2) is 4.98 Å². The van der Waals surface area contributed by atoms with Crippen molar-refractivity contribution in [1.29, 1.82) is 0 Å². The van der Waals surface area contributed by atoms with E-state index < -0.39 is 11.7 Å². The molecule has 1 aromatic heterocycles. The van der Waals surface area contributed by atoms with Gasteiger partial charge in [-0.15, -0.1) is 0 Å². The Balaban J connectivity index is 1.77. The van der Waals surface area contributed by atoms with E-state index in [9.17, 15) is 18.0 Å². The van der Waals surface area contributed by atoms with Crippen molar-refractivity contribution in [2.75, 3.05) is 0 Å². The highest BCUT2D eigenvalue weighted by molar-refractivity contribution is 5.95. The summed E-state index contributed by atoms with van der Waals surface area (Å²) in [6, 6.07) is 12.0. The second kappa shape index (κ2) is 6.19. The number of halogens is 3. The fourth-order valence-electron chi connectivity index (χ4n) is 2.19. The zero-order chi connectivity index (χ0) is 17.2. The monoisotopic (exact) mass is 331 g/mol. The van der Waals surface area contributed by atoms with Crippen LogP contribution in [0.5, 0.6) is 0 Å². The van der Waals surface area contributed by atoms with Gasteiger partial charge in [0.2, 0.25) is 0 Å². The molecule has 0 radical (unpaired) electrons. The van der Waals surface area contributed by atoms with Gasteiger partial charge in [0, 0.05) is 18.0 Å². The molecule has 1 N–H and O–H groups in total. The normalized spacial score (nSPS) is 12.0. The molecule has 0 aliphatic rings. The molecule has 3 rings (SSSR count). The highest BCUT2D eigenvalue weighted by Crippen LogP contribution is 2.31. The molecule has 0 unspecified atom stereocenters. The number of amides is 1. The lowest BCUT2D eigenvalue weighted by molar-refractivity contribution is -0.137. The molecule has 2 aromatic carbocycles. The predicted octanol–water partition coefficient (Wildman–Crippen LogP) is 3.91. The summed E-state index contributed by atoms with van der Waals surface area (Å²) in [5.74, 6) is -0.282. The first kappa shape index (κ1) is 15.8. The maximum atomic E-state index is 12.7. The Labute approximate surface area is 135 Å². The van der Waals surface area contributed by atoms with Crippen molar-refractivity contribution >= 4 is 23.1 Å². The first-order chi connectivity index (χ1) is 11.4. The number of hydrogen-bond acceptors (Lipinski definition) is 2. The van der Waals surface area contributed by atoms with Crippen molar-refractivity contribution in [2.45, 2.75) is 6.18 Å². The van der Waals surface area contributed by atoms with Crippen LogP contribution in [0.1, 0.15) is 15.9 Å². The molecule has 0 spiro atoms. The molecule has 24 heavy (non-hydrogen) atoms. The van der Waals surface area contributed by atoms with E-state index in [2.05, 4.69) is 10.3 Å². The van der Waals surface area contributed by atoms with E-state index in [1.54, 1.807) is 30.3 Å². The third-order valence-corrected chi connectivity index (χ3v) is 3.39. The van der Waals surface area contributed by atoms with Crippen LogP contribution >= 0.6 is 0 Å². The second-order valence-electron chi connectivity index (χ2n) is 5.01. The van der Waals surface area contributed by atoms with Gasteiger partial charge in [-0.3, -0.25) is 4.79 Å². The van der Waals surface area contributed by atoms with E-state index in [1.165, 1.54) is 29.4 Å². The molecule has 1 amide bonds. The largest absolute Gasteiger partial charge is 0.416 e. The van der Waals surface area contributed by atoms with Crippen molar-refractivity contribution in [3.63, 3.8) is 0 Å². The molecule has 0 aliphatic carbocycles. The third kappa shape index (κ3) is 3.29. The Kier molecular flexibility index (Phi) is 4.07. The molecule has 0 aliphatic heterocycles. The van der Waals surface area contributed by atoms with Crippen molar-refractivity contribution in [3.8, 4) is 0 Å². The molecule has 0 fully saturated rings. The van der Waals surface area contributed by atoms with Crippen LogP contribution < -0.4 is 5.32 Å². The van der Waals surface area contributed by atoms with Gasteiger partial charge in [0.25, 0.3) is 5.91 Å². The molecule has 1 heterocycles. The summed E-state index contributed by atoms with van der Waals surface area (Å²) in [5, 5.41) is 2.59. The first-order valence-corrected chi connectivity index (χ1v) is 7.01. The number of nitrogens with zero attached hydrogens (tertiary/aromatic N) is 2. The van der Waals surface area contributed by atoms with Gasteiger partial charge in [0.1, 0.15) is 0 Å². The Morgan fingerprint density at radius 1 is 1.12 bits per heavy atom. The zero-order valence-electron chi connectivity index (χ0n) is 12.3. The first-order valence-electron chi connectivity index (χ1n) is 7.01. The lowest BCUT2D eigenvalue weighted by Gasteiger charge is -2.06. The summed E-state index contributed by atoms with van der Waals surface area (Å²) in [4.78, 5) is 15.8. The summed E-state index contributed by atoms with van der Waals surface area (Å²) >= 11 is 0. The van der Waals surface area contributed by atoms with Gasteiger partial charge < -0.3 is 9.88 Å². The number of alkyl halides is 3. The minimum Gasteiger partial charge on any atom is -0.327 e. The minimum atomic E-state index is -4.41. The number of imidazole rings is 1. The van der Waals surface area contributed by atoms with Gasteiger partial charge in [-0.2, -0.15) is 13.2 Å². The second-order valence-corrected chi connectivity index (χ2v) is 5.01. The van der Waals surface area contributed by atoms with Crippen LogP contribution in [0.25, 0.3) is 17.2 Å². The Morgan fingerprint density at radius 2 is 1.88 bits per heavy atom. The van der Waals surface area contributed by atoms with Crippen molar-refractivity contribution in [2.24, 2.45) is 0 Å². The van der Waals surface area contributed by atoms with Crippen molar-refractivity contribution in [3.05, 3.63) is 72.2 Å². The number of nitrogens with one attached hydrogen (secondary N) is 1. The number of hydrogen-bond donors (Lipinski definition) is 1. The van der Waals surface area contributed by atoms with Crippen LogP contribution in [0.15, 0.2) is 61.1 Å². The van der Waals surface area contributed by atoms with Gasteiger partial charge >= 0.3 is 6.18 Å². The Hall–Kier alpha value is -3.09. The zero-order valence-corrected chi connectivity index (χ0v) is 12.3. The quantitative estimate of drug-likeness (QED) is 0.791. The highest BCUT2D eigenvalue weighted by Gasteiger charge is 2.30. The topological polar surface area (TPSA) is 46.9 Å². The Bertz CT molecular complexity index is 898. The van der Waals surface area contributed by atoms with Crippen LogP contribution in [0.2, 0.25) is 0 Å². The average Bonchev–Trinajstić information content (AvgIpc) is 2.97. The maximum absolute atomic E-state index is 12.7. The lowest BCUT2D eigenvalue weighted by Crippen LogP contribution is -2.16. The van der Waals surface area contributed by atoms with E-state index in [4.69, 9.17) is 0 Å². The standard InChI is InChI=1S/C17H12F3N3O/c18-17(19,20)13-6-7-15-14(10-13)22-11-23(15)9-8-21-16(24)12-4-2-1-3-5-12/h1-11H,(H,21,24)/b9-8+. The molecular weight excluding hydrogens is 319 g/mol. The summed E-state index contributed by atoms with van der Waals surface area (Å²) < 4.78 is 39.6. The number of aromatic nitrogens is 2. The number of carbonyl (C=O) groups is 1. The summed E-state index contributed by atoms with van der Waals surface area (Å²) in [7, 11) is 0. The molecule has 3 aromatic rings. The predicted molar refractivity (Wildman–Crippen MR) is 84.0 cm³/mol. The van der Waals surface area contributed by atoms with Crippen LogP contribution in [0.3, 0.4) is 0 Å². The van der Waals surface area contributed by atoms with Crippen LogP contribution in [0.4, 0.5) is 13.2 Å². The Morgan fingerprint density at radius 3 is 2.58 bits per heavy atom. The number of fused-ring (bicyclic) bond motifs is 1. The molecule has 0 bridgehead atoms. The summed E-state index contributed by atoms with van der Waals surface area (Å²) in [6.45, 7) is 0. The summed E-state index contributed by atoms with van der Waals surface area (Å²) in [6.07, 6.45) is -0.0922. The summed E-state index contributed by atoms with van der Waals surface area (Å²) in [5.41, 5.74) is 0.492. The molecule has 4 nitrogen and oxygen atoms in total. The number of carbonyl (C=O) groups excluding carboxylic acids is 1. The van der Waals surface area contributed by atoms with E-state index in [0.717, 1.165) is 12.1 Å². The van der Waals surface area contributed by atoms with Gasteiger partial charge in [-0.1, -0.05) is 18.2 Å². The molecule has 0 saturated carbocycles. The fraction of sp³-hybridized carbons (Fsp3) is 0.0588.